The van der Waals surface area contributed by atoms with Crippen LogP contribution in [0.3, 0.4) is 0 Å². The van der Waals surface area contributed by atoms with E-state index in [0.717, 1.165) is 11.3 Å². The smallest absolute Gasteiger partial charge is 0.221 e. The Morgan fingerprint density at radius 2 is 2.28 bits per heavy atom. The zero-order chi connectivity index (χ0) is 13.1. The zero-order valence-electron chi connectivity index (χ0n) is 9.77. The fourth-order valence-corrected chi connectivity index (χ4v) is 1.88. The van der Waals surface area contributed by atoms with E-state index in [1.165, 1.54) is 16.8 Å². The molecule has 2 rings (SSSR count). The maximum atomic E-state index is 13.3. The van der Waals surface area contributed by atoms with E-state index in [1.54, 1.807) is 12.4 Å². The molecule has 1 aromatic carbocycles. The van der Waals surface area contributed by atoms with Crippen LogP contribution in [-0.4, -0.2) is 15.9 Å². The van der Waals surface area contributed by atoms with Crippen LogP contribution in [0.4, 0.5) is 10.3 Å². The van der Waals surface area contributed by atoms with Gasteiger partial charge >= 0.3 is 0 Å². The summed E-state index contributed by atoms with van der Waals surface area (Å²) in [5.41, 5.74) is 7.96. The number of hydrogen-bond donors (Lipinski definition) is 1. The molecule has 0 aliphatic rings. The number of halogens is 2. The molecule has 0 aliphatic heterocycles. The minimum absolute atomic E-state index is 0.289. The van der Waals surface area contributed by atoms with Crippen LogP contribution in [0.25, 0.3) is 0 Å². The van der Waals surface area contributed by atoms with Crippen LogP contribution in [-0.2, 0) is 5.33 Å². The highest BCUT2D eigenvalue weighted by Crippen LogP contribution is 2.11. The molecule has 0 bridgehead atoms. The number of anilines is 1. The van der Waals surface area contributed by atoms with E-state index in [-0.39, 0.29) is 5.82 Å². The van der Waals surface area contributed by atoms with E-state index >= 15 is 0 Å². The lowest BCUT2D eigenvalue weighted by molar-refractivity contribution is 0.626. The van der Waals surface area contributed by atoms with E-state index < -0.39 is 0 Å². The fourth-order valence-electron chi connectivity index (χ4n) is 1.55. The van der Waals surface area contributed by atoms with Crippen molar-refractivity contribution in [3.63, 3.8) is 0 Å². The Labute approximate surface area is 112 Å². The standard InChI is InChI=1S/C12H12BrFN4/c1-8-7-18(12(15)17-8)16-6-10-2-9(5-13)3-11(14)4-10/h2-4,6-7H,5H2,1H3,(H2,15,17). The molecule has 0 aliphatic carbocycles. The van der Waals surface area contributed by atoms with E-state index in [4.69, 9.17) is 5.73 Å². The summed E-state index contributed by atoms with van der Waals surface area (Å²) in [4.78, 5) is 4.02. The van der Waals surface area contributed by atoms with Gasteiger partial charge in [0.2, 0.25) is 5.95 Å². The molecule has 2 N–H and O–H groups in total. The Kier molecular flexibility index (Phi) is 3.76. The van der Waals surface area contributed by atoms with Gasteiger partial charge in [0, 0.05) is 5.33 Å². The second-order valence-electron chi connectivity index (χ2n) is 3.86. The SMILES string of the molecule is Cc1cn(N=Cc2cc(F)cc(CBr)c2)c(N)n1. The van der Waals surface area contributed by atoms with Gasteiger partial charge in [-0.1, -0.05) is 15.9 Å². The van der Waals surface area contributed by atoms with Gasteiger partial charge in [-0.3, -0.25) is 0 Å². The molecule has 0 saturated carbocycles. The summed E-state index contributed by atoms with van der Waals surface area (Å²) in [6.45, 7) is 1.83. The molecule has 2 aromatic rings. The van der Waals surface area contributed by atoms with Crippen molar-refractivity contribution in [2.75, 3.05) is 5.73 Å². The highest BCUT2D eigenvalue weighted by molar-refractivity contribution is 9.08. The van der Waals surface area contributed by atoms with Crippen molar-refractivity contribution in [1.29, 1.82) is 0 Å². The van der Waals surface area contributed by atoms with Gasteiger partial charge < -0.3 is 5.73 Å². The number of nitrogens with two attached hydrogens (primary N) is 1. The minimum Gasteiger partial charge on any atom is -0.368 e. The van der Waals surface area contributed by atoms with Crippen molar-refractivity contribution < 1.29 is 4.39 Å². The lowest BCUT2D eigenvalue weighted by atomic mass is 10.1. The van der Waals surface area contributed by atoms with Crippen LogP contribution >= 0.6 is 15.9 Å². The predicted octanol–water partition coefficient (Wildman–Crippen LogP) is 2.69. The molecule has 0 radical (unpaired) electrons. The first-order chi connectivity index (χ1) is 8.58. The maximum Gasteiger partial charge on any atom is 0.221 e. The normalized spacial score (nSPS) is 11.3. The molecule has 94 valence electrons. The lowest BCUT2D eigenvalue weighted by Crippen LogP contribution is -1.97. The van der Waals surface area contributed by atoms with Crippen LogP contribution in [0.2, 0.25) is 0 Å². The monoisotopic (exact) mass is 310 g/mol. The molecular formula is C12H12BrFN4. The number of nitrogens with zero attached hydrogens (tertiary/aromatic N) is 3. The molecule has 1 heterocycles. The van der Waals surface area contributed by atoms with Crippen LogP contribution in [0.15, 0.2) is 29.5 Å². The number of hydrogen-bond acceptors (Lipinski definition) is 3. The van der Waals surface area contributed by atoms with E-state index in [2.05, 4.69) is 26.0 Å². The number of rotatable bonds is 3. The number of alkyl halides is 1. The van der Waals surface area contributed by atoms with E-state index in [1.807, 2.05) is 13.0 Å². The van der Waals surface area contributed by atoms with Gasteiger partial charge in [-0.15, -0.1) is 0 Å². The average molecular weight is 311 g/mol. The van der Waals surface area contributed by atoms with Crippen molar-refractivity contribution in [1.82, 2.24) is 9.66 Å². The number of benzene rings is 1. The van der Waals surface area contributed by atoms with E-state index in [9.17, 15) is 4.39 Å². The average Bonchev–Trinajstić information content (AvgIpc) is 2.64. The van der Waals surface area contributed by atoms with E-state index in [0.29, 0.717) is 16.8 Å². The van der Waals surface area contributed by atoms with Crippen LogP contribution in [0.5, 0.6) is 0 Å². The third-order valence-electron chi connectivity index (χ3n) is 2.30. The number of aryl methyl sites for hydroxylation is 1. The Balaban J connectivity index is 2.28. The summed E-state index contributed by atoms with van der Waals surface area (Å²) in [6, 6.07) is 4.73. The molecule has 6 heteroatoms. The Morgan fingerprint density at radius 1 is 1.50 bits per heavy atom. The molecule has 0 unspecified atom stereocenters. The van der Waals surface area contributed by atoms with Crippen molar-refractivity contribution >= 4 is 28.1 Å². The lowest BCUT2D eigenvalue weighted by Gasteiger charge is -1.99. The maximum absolute atomic E-state index is 13.3. The number of aromatic nitrogens is 2. The van der Waals surface area contributed by atoms with Gasteiger partial charge in [0.15, 0.2) is 0 Å². The molecular weight excluding hydrogens is 299 g/mol. The molecule has 0 spiro atoms. The third kappa shape index (κ3) is 2.95. The topological polar surface area (TPSA) is 56.2 Å². The molecule has 0 fully saturated rings. The second kappa shape index (κ2) is 5.30. The highest BCUT2D eigenvalue weighted by atomic mass is 79.9. The largest absolute Gasteiger partial charge is 0.368 e. The first-order valence-corrected chi connectivity index (χ1v) is 6.42. The summed E-state index contributed by atoms with van der Waals surface area (Å²) in [5.74, 6) is 0.0176. The zero-order valence-corrected chi connectivity index (χ0v) is 11.4. The Hall–Kier alpha value is -1.69. The first kappa shape index (κ1) is 12.8. The predicted molar refractivity (Wildman–Crippen MR) is 73.4 cm³/mol. The van der Waals surface area contributed by atoms with Gasteiger partial charge in [0.1, 0.15) is 5.82 Å². The summed E-state index contributed by atoms with van der Waals surface area (Å²) in [5, 5.41) is 4.73. The van der Waals surface area contributed by atoms with Crippen LogP contribution < -0.4 is 5.73 Å². The molecule has 1 aromatic heterocycles. The molecule has 4 nitrogen and oxygen atoms in total. The van der Waals surface area contributed by atoms with Gasteiger partial charge in [-0.05, 0) is 36.2 Å². The summed E-state index contributed by atoms with van der Waals surface area (Å²) < 4.78 is 14.7. The number of nitrogen functional groups attached to an aromatic ring is 1. The van der Waals surface area contributed by atoms with Gasteiger partial charge in [-0.2, -0.15) is 5.10 Å². The Morgan fingerprint density at radius 3 is 2.89 bits per heavy atom. The summed E-state index contributed by atoms with van der Waals surface area (Å²) in [7, 11) is 0. The molecule has 18 heavy (non-hydrogen) atoms. The quantitative estimate of drug-likeness (QED) is 0.700. The minimum atomic E-state index is -0.289. The number of imidazole rings is 1. The van der Waals surface area contributed by atoms with Crippen LogP contribution in [0, 0.1) is 12.7 Å². The molecule has 0 atom stereocenters. The summed E-state index contributed by atoms with van der Waals surface area (Å²) in [6.07, 6.45) is 3.25. The second-order valence-corrected chi connectivity index (χ2v) is 4.42. The van der Waals surface area contributed by atoms with Crippen LogP contribution in [0.1, 0.15) is 16.8 Å². The Bertz CT molecular complexity index is 592. The van der Waals surface area contributed by atoms with Crippen molar-refractivity contribution in [3.8, 4) is 0 Å². The fraction of sp³-hybridized carbons (Fsp3) is 0.167. The highest BCUT2D eigenvalue weighted by Gasteiger charge is 2.00. The first-order valence-electron chi connectivity index (χ1n) is 5.30. The van der Waals surface area contributed by atoms with Crippen molar-refractivity contribution in [3.05, 3.63) is 47.0 Å². The van der Waals surface area contributed by atoms with Crippen molar-refractivity contribution in [2.45, 2.75) is 12.3 Å². The molecule has 0 saturated heterocycles. The third-order valence-corrected chi connectivity index (χ3v) is 2.95. The summed E-state index contributed by atoms with van der Waals surface area (Å²) >= 11 is 3.29. The van der Waals surface area contributed by atoms with Crippen molar-refractivity contribution in [2.24, 2.45) is 5.10 Å². The molecule has 0 amide bonds. The van der Waals surface area contributed by atoms with Gasteiger partial charge in [-0.25, -0.2) is 14.1 Å². The van der Waals surface area contributed by atoms with Gasteiger partial charge in [0.05, 0.1) is 18.1 Å². The van der Waals surface area contributed by atoms with Gasteiger partial charge in [0.25, 0.3) is 0 Å².